The summed E-state index contributed by atoms with van der Waals surface area (Å²) in [5.41, 5.74) is 0. The van der Waals surface area contributed by atoms with E-state index in [1.165, 1.54) is 49.5 Å². The number of hydrogen-bond acceptors (Lipinski definition) is 4. The Bertz CT molecular complexity index is 418. The SMILES string of the molecule is CCNC1CCC(Sc2nnc3n2CCCCC3)C1. The Labute approximate surface area is 119 Å². The van der Waals surface area contributed by atoms with Crippen molar-refractivity contribution < 1.29 is 0 Å². The van der Waals surface area contributed by atoms with Gasteiger partial charge in [-0.2, -0.15) is 0 Å². The van der Waals surface area contributed by atoms with Crippen LogP contribution in [0.4, 0.5) is 0 Å². The quantitative estimate of drug-likeness (QED) is 0.920. The van der Waals surface area contributed by atoms with Gasteiger partial charge in [0.2, 0.25) is 0 Å². The molecule has 1 saturated carbocycles. The van der Waals surface area contributed by atoms with Crippen LogP contribution >= 0.6 is 11.8 Å². The van der Waals surface area contributed by atoms with Crippen molar-refractivity contribution in [3.05, 3.63) is 5.82 Å². The first-order valence-electron chi connectivity index (χ1n) is 7.69. The Kier molecular flexibility index (Phi) is 4.43. The predicted octanol–water partition coefficient (Wildman–Crippen LogP) is 2.63. The number of nitrogens with one attached hydrogen (secondary N) is 1. The van der Waals surface area contributed by atoms with Crippen molar-refractivity contribution in [2.24, 2.45) is 0 Å². The molecule has 4 nitrogen and oxygen atoms in total. The monoisotopic (exact) mass is 280 g/mol. The van der Waals surface area contributed by atoms with Crippen LogP contribution in [-0.4, -0.2) is 32.6 Å². The van der Waals surface area contributed by atoms with Crippen molar-refractivity contribution in [2.75, 3.05) is 6.54 Å². The maximum Gasteiger partial charge on any atom is 0.191 e. The van der Waals surface area contributed by atoms with Gasteiger partial charge in [-0.3, -0.25) is 0 Å². The standard InChI is InChI=1S/C14H24N4S/c1-2-15-11-7-8-12(10-11)19-14-17-16-13-6-4-3-5-9-18(13)14/h11-12,15H,2-10H2,1H3. The summed E-state index contributed by atoms with van der Waals surface area (Å²) in [7, 11) is 0. The van der Waals surface area contributed by atoms with Gasteiger partial charge in [0.05, 0.1) is 0 Å². The average molecular weight is 280 g/mol. The Balaban J connectivity index is 1.63. The van der Waals surface area contributed by atoms with Gasteiger partial charge in [-0.1, -0.05) is 25.1 Å². The van der Waals surface area contributed by atoms with E-state index in [-0.39, 0.29) is 0 Å². The van der Waals surface area contributed by atoms with Crippen LogP contribution in [0.3, 0.4) is 0 Å². The van der Waals surface area contributed by atoms with Crippen LogP contribution in [0.15, 0.2) is 5.16 Å². The molecule has 106 valence electrons. The second kappa shape index (κ2) is 6.27. The number of thioether (sulfide) groups is 1. The van der Waals surface area contributed by atoms with Crippen LogP contribution in [0.5, 0.6) is 0 Å². The summed E-state index contributed by atoms with van der Waals surface area (Å²) in [5.74, 6) is 1.21. The van der Waals surface area contributed by atoms with E-state index in [1.807, 2.05) is 11.8 Å². The Morgan fingerprint density at radius 3 is 3.11 bits per heavy atom. The average Bonchev–Trinajstić information content (AvgIpc) is 2.92. The fourth-order valence-electron chi connectivity index (χ4n) is 3.22. The Morgan fingerprint density at radius 1 is 1.26 bits per heavy atom. The summed E-state index contributed by atoms with van der Waals surface area (Å²) in [6.07, 6.45) is 8.90. The Morgan fingerprint density at radius 2 is 2.21 bits per heavy atom. The Hall–Kier alpha value is -0.550. The highest BCUT2D eigenvalue weighted by atomic mass is 32.2. The third-order valence-corrected chi connectivity index (χ3v) is 5.50. The van der Waals surface area contributed by atoms with E-state index in [1.54, 1.807) is 0 Å². The highest BCUT2D eigenvalue weighted by Gasteiger charge is 2.27. The molecule has 3 rings (SSSR count). The molecular weight excluding hydrogens is 256 g/mol. The first kappa shape index (κ1) is 13.4. The first-order valence-corrected chi connectivity index (χ1v) is 8.57. The van der Waals surface area contributed by atoms with Crippen molar-refractivity contribution in [3.63, 3.8) is 0 Å². The van der Waals surface area contributed by atoms with Crippen LogP contribution in [0.25, 0.3) is 0 Å². The van der Waals surface area contributed by atoms with Crippen LogP contribution in [-0.2, 0) is 13.0 Å². The molecular formula is C14H24N4S. The molecule has 2 aliphatic rings. The molecule has 1 aromatic rings. The molecule has 0 aromatic carbocycles. The fraction of sp³-hybridized carbons (Fsp3) is 0.857. The zero-order valence-corrected chi connectivity index (χ0v) is 12.6. The van der Waals surface area contributed by atoms with Crippen molar-refractivity contribution in [3.8, 4) is 0 Å². The lowest BCUT2D eigenvalue weighted by Gasteiger charge is -2.12. The predicted molar refractivity (Wildman–Crippen MR) is 78.5 cm³/mol. The summed E-state index contributed by atoms with van der Waals surface area (Å²) in [5, 5.41) is 14.3. The maximum atomic E-state index is 4.43. The third-order valence-electron chi connectivity index (χ3n) is 4.22. The number of aryl methyl sites for hydroxylation is 1. The first-order chi connectivity index (χ1) is 9.36. The minimum Gasteiger partial charge on any atom is -0.314 e. The summed E-state index contributed by atoms with van der Waals surface area (Å²) >= 11 is 1.96. The van der Waals surface area contributed by atoms with Crippen LogP contribution in [0.2, 0.25) is 0 Å². The van der Waals surface area contributed by atoms with Gasteiger partial charge in [-0.25, -0.2) is 0 Å². The van der Waals surface area contributed by atoms with Gasteiger partial charge in [-0.15, -0.1) is 10.2 Å². The van der Waals surface area contributed by atoms with Gasteiger partial charge in [0.15, 0.2) is 5.16 Å². The van der Waals surface area contributed by atoms with Gasteiger partial charge in [0.1, 0.15) is 5.82 Å². The van der Waals surface area contributed by atoms with E-state index in [0.717, 1.165) is 24.8 Å². The van der Waals surface area contributed by atoms with E-state index in [4.69, 9.17) is 0 Å². The van der Waals surface area contributed by atoms with E-state index in [0.29, 0.717) is 6.04 Å². The van der Waals surface area contributed by atoms with Crippen LogP contribution < -0.4 is 5.32 Å². The molecule has 5 heteroatoms. The van der Waals surface area contributed by atoms with Gasteiger partial charge in [0.25, 0.3) is 0 Å². The minimum atomic E-state index is 0.717. The number of rotatable bonds is 4. The summed E-state index contributed by atoms with van der Waals surface area (Å²) in [4.78, 5) is 0. The summed E-state index contributed by atoms with van der Waals surface area (Å²) in [6.45, 7) is 4.40. The van der Waals surface area contributed by atoms with Gasteiger partial charge >= 0.3 is 0 Å². The topological polar surface area (TPSA) is 42.7 Å². The largest absolute Gasteiger partial charge is 0.314 e. The van der Waals surface area contributed by atoms with Crippen molar-refractivity contribution in [1.29, 1.82) is 0 Å². The van der Waals surface area contributed by atoms with Crippen molar-refractivity contribution in [1.82, 2.24) is 20.1 Å². The van der Waals surface area contributed by atoms with Crippen LogP contribution in [0, 0.1) is 0 Å². The minimum absolute atomic E-state index is 0.717. The smallest absolute Gasteiger partial charge is 0.191 e. The molecule has 1 aromatic heterocycles. The molecule has 0 radical (unpaired) electrons. The van der Waals surface area contributed by atoms with Gasteiger partial charge in [0, 0.05) is 24.3 Å². The summed E-state index contributed by atoms with van der Waals surface area (Å²) < 4.78 is 2.37. The summed E-state index contributed by atoms with van der Waals surface area (Å²) in [6, 6.07) is 0.717. The molecule has 0 spiro atoms. The van der Waals surface area contributed by atoms with Crippen LogP contribution in [0.1, 0.15) is 51.3 Å². The number of aromatic nitrogens is 3. The van der Waals surface area contributed by atoms with E-state index >= 15 is 0 Å². The number of nitrogens with zero attached hydrogens (tertiary/aromatic N) is 3. The molecule has 2 atom stereocenters. The zero-order chi connectivity index (χ0) is 13.1. The molecule has 1 aliphatic heterocycles. The lowest BCUT2D eigenvalue weighted by atomic mass is 10.2. The molecule has 0 bridgehead atoms. The fourth-order valence-corrected chi connectivity index (χ4v) is 4.51. The maximum absolute atomic E-state index is 4.43. The lowest BCUT2D eigenvalue weighted by Crippen LogP contribution is -2.26. The van der Waals surface area contributed by atoms with Gasteiger partial charge < -0.3 is 9.88 Å². The second-order valence-corrected chi connectivity index (χ2v) is 6.94. The van der Waals surface area contributed by atoms with Crippen molar-refractivity contribution in [2.45, 2.75) is 74.9 Å². The van der Waals surface area contributed by atoms with E-state index in [2.05, 4.69) is 27.0 Å². The molecule has 2 unspecified atom stereocenters. The van der Waals surface area contributed by atoms with Gasteiger partial charge in [-0.05, 0) is 38.6 Å². The van der Waals surface area contributed by atoms with E-state index < -0.39 is 0 Å². The highest BCUT2D eigenvalue weighted by Crippen LogP contribution is 2.35. The lowest BCUT2D eigenvalue weighted by molar-refractivity contribution is 0.543. The molecule has 1 fully saturated rings. The molecule has 2 heterocycles. The highest BCUT2D eigenvalue weighted by molar-refractivity contribution is 7.99. The normalized spacial score (nSPS) is 27.2. The molecule has 1 aliphatic carbocycles. The molecule has 1 N–H and O–H groups in total. The number of hydrogen-bond donors (Lipinski definition) is 1. The second-order valence-electron chi connectivity index (χ2n) is 5.67. The molecule has 0 saturated heterocycles. The third kappa shape index (κ3) is 3.14. The van der Waals surface area contributed by atoms with Crippen molar-refractivity contribution >= 4 is 11.8 Å². The number of fused-ring (bicyclic) bond motifs is 1. The molecule has 0 amide bonds. The zero-order valence-electron chi connectivity index (χ0n) is 11.8. The van der Waals surface area contributed by atoms with E-state index in [9.17, 15) is 0 Å². The molecule has 19 heavy (non-hydrogen) atoms.